The first-order valence-electron chi connectivity index (χ1n) is 8.66. The summed E-state index contributed by atoms with van der Waals surface area (Å²) < 4.78 is 14.7. The molecule has 4 rings (SSSR count). The number of benzene rings is 2. The lowest BCUT2D eigenvalue weighted by atomic mass is 10.1. The monoisotopic (exact) mass is 392 g/mol. The quantitative estimate of drug-likeness (QED) is 0.531. The third-order valence-corrected chi connectivity index (χ3v) is 5.02. The normalized spacial score (nSPS) is 10.8. The van der Waals surface area contributed by atoms with E-state index >= 15 is 0 Å². The molecule has 4 aromatic rings. The predicted octanol–water partition coefficient (Wildman–Crippen LogP) is 5.00. The highest BCUT2D eigenvalue weighted by Crippen LogP contribution is 2.26. The molecule has 2 heterocycles. The number of nitrogens with one attached hydrogen (secondary N) is 1. The molecule has 0 radical (unpaired) electrons. The molecule has 0 fully saturated rings. The number of thiazole rings is 1. The van der Waals surface area contributed by atoms with Crippen LogP contribution >= 0.6 is 11.3 Å². The summed E-state index contributed by atoms with van der Waals surface area (Å²) in [5.74, 6) is -0.211. The first-order chi connectivity index (χ1) is 13.5. The van der Waals surface area contributed by atoms with E-state index in [2.05, 4.69) is 15.4 Å². The SMILES string of the molecule is Cc1ccc(-c2csc(-n3nc(C)cc3NC(=O)c3ccc(F)cc3)n2)cc1. The minimum Gasteiger partial charge on any atom is -0.306 e. The van der Waals surface area contributed by atoms with E-state index in [0.717, 1.165) is 17.0 Å². The van der Waals surface area contributed by atoms with Gasteiger partial charge in [0.1, 0.15) is 11.6 Å². The fourth-order valence-corrected chi connectivity index (χ4v) is 3.54. The van der Waals surface area contributed by atoms with Gasteiger partial charge < -0.3 is 5.32 Å². The fraction of sp³-hybridized carbons (Fsp3) is 0.0952. The Morgan fingerprint density at radius 3 is 2.50 bits per heavy atom. The molecule has 0 saturated heterocycles. The molecule has 2 aromatic carbocycles. The smallest absolute Gasteiger partial charge is 0.256 e. The van der Waals surface area contributed by atoms with Gasteiger partial charge in [0.25, 0.3) is 5.91 Å². The van der Waals surface area contributed by atoms with Crippen molar-refractivity contribution in [1.82, 2.24) is 14.8 Å². The van der Waals surface area contributed by atoms with Crippen molar-refractivity contribution < 1.29 is 9.18 Å². The molecule has 0 unspecified atom stereocenters. The van der Waals surface area contributed by atoms with Crippen molar-refractivity contribution >= 4 is 23.1 Å². The lowest BCUT2D eigenvalue weighted by Crippen LogP contribution is -2.15. The van der Waals surface area contributed by atoms with Crippen molar-refractivity contribution in [2.24, 2.45) is 0 Å². The number of halogens is 1. The third kappa shape index (κ3) is 3.70. The van der Waals surface area contributed by atoms with Crippen molar-refractivity contribution in [1.29, 1.82) is 0 Å². The van der Waals surface area contributed by atoms with Gasteiger partial charge in [-0.15, -0.1) is 11.3 Å². The van der Waals surface area contributed by atoms with Crippen LogP contribution in [0.25, 0.3) is 16.4 Å². The molecule has 0 atom stereocenters. The lowest BCUT2D eigenvalue weighted by Gasteiger charge is -2.06. The van der Waals surface area contributed by atoms with E-state index in [9.17, 15) is 9.18 Å². The van der Waals surface area contributed by atoms with E-state index in [0.29, 0.717) is 16.5 Å². The Hall–Kier alpha value is -3.32. The van der Waals surface area contributed by atoms with Gasteiger partial charge in [-0.3, -0.25) is 4.79 Å². The van der Waals surface area contributed by atoms with Crippen LogP contribution < -0.4 is 5.32 Å². The van der Waals surface area contributed by atoms with Crippen molar-refractivity contribution in [3.63, 3.8) is 0 Å². The van der Waals surface area contributed by atoms with Crippen LogP contribution in [-0.4, -0.2) is 20.7 Å². The second-order valence-electron chi connectivity index (χ2n) is 6.43. The molecule has 0 spiro atoms. The summed E-state index contributed by atoms with van der Waals surface area (Å²) in [6.45, 7) is 3.89. The Labute approximate surface area is 165 Å². The molecule has 0 aliphatic carbocycles. The molecule has 140 valence electrons. The lowest BCUT2D eigenvalue weighted by molar-refractivity contribution is 0.102. The molecule has 0 aliphatic heterocycles. The Balaban J connectivity index is 1.62. The van der Waals surface area contributed by atoms with Gasteiger partial charge in [-0.05, 0) is 38.1 Å². The number of carbonyl (C=O) groups is 1. The Morgan fingerprint density at radius 1 is 1.07 bits per heavy atom. The standard InChI is InChI=1S/C21H17FN4OS/c1-13-3-5-15(6-4-13)18-12-28-21(23-18)26-19(11-14(2)25-26)24-20(27)16-7-9-17(22)10-8-16/h3-12H,1-2H3,(H,24,27). The van der Waals surface area contributed by atoms with Gasteiger partial charge in [-0.2, -0.15) is 9.78 Å². The van der Waals surface area contributed by atoms with Crippen LogP contribution in [0.2, 0.25) is 0 Å². The number of amides is 1. The van der Waals surface area contributed by atoms with Gasteiger partial charge in [0.05, 0.1) is 11.4 Å². The molecular weight excluding hydrogens is 375 g/mol. The van der Waals surface area contributed by atoms with Gasteiger partial charge in [0.2, 0.25) is 5.13 Å². The minimum atomic E-state index is -0.385. The highest BCUT2D eigenvalue weighted by molar-refractivity contribution is 7.12. The maximum absolute atomic E-state index is 13.1. The molecule has 1 amide bonds. The van der Waals surface area contributed by atoms with Crippen LogP contribution in [0.15, 0.2) is 60.0 Å². The van der Waals surface area contributed by atoms with Gasteiger partial charge in [-0.25, -0.2) is 9.37 Å². The second kappa shape index (κ2) is 7.36. The first kappa shape index (κ1) is 18.1. The van der Waals surface area contributed by atoms with E-state index in [1.165, 1.54) is 41.2 Å². The van der Waals surface area contributed by atoms with Crippen LogP contribution in [0.5, 0.6) is 0 Å². The highest BCUT2D eigenvalue weighted by Gasteiger charge is 2.15. The number of rotatable bonds is 4. The summed E-state index contributed by atoms with van der Waals surface area (Å²) in [5, 5.41) is 9.89. The average molecular weight is 392 g/mol. The zero-order valence-electron chi connectivity index (χ0n) is 15.3. The maximum Gasteiger partial charge on any atom is 0.256 e. The summed E-state index contributed by atoms with van der Waals surface area (Å²) in [4.78, 5) is 17.1. The molecular formula is C21H17FN4OS. The number of aromatic nitrogens is 3. The number of anilines is 1. The fourth-order valence-electron chi connectivity index (χ4n) is 2.74. The van der Waals surface area contributed by atoms with Crippen LogP contribution in [0.1, 0.15) is 21.6 Å². The van der Waals surface area contributed by atoms with Crippen LogP contribution in [0, 0.1) is 19.7 Å². The highest BCUT2D eigenvalue weighted by atomic mass is 32.1. The summed E-state index contributed by atoms with van der Waals surface area (Å²) in [7, 11) is 0. The van der Waals surface area contributed by atoms with Crippen molar-refractivity contribution in [3.8, 4) is 16.4 Å². The van der Waals surface area contributed by atoms with E-state index in [-0.39, 0.29) is 11.7 Å². The molecule has 7 heteroatoms. The summed E-state index contributed by atoms with van der Waals surface area (Å²) >= 11 is 1.44. The van der Waals surface area contributed by atoms with Crippen LogP contribution in [-0.2, 0) is 0 Å². The van der Waals surface area contributed by atoms with Crippen molar-refractivity contribution in [2.75, 3.05) is 5.32 Å². The Morgan fingerprint density at radius 2 is 1.79 bits per heavy atom. The minimum absolute atomic E-state index is 0.337. The molecule has 0 bridgehead atoms. The summed E-state index contributed by atoms with van der Waals surface area (Å²) in [6, 6.07) is 15.3. The number of hydrogen-bond acceptors (Lipinski definition) is 4. The molecule has 2 aromatic heterocycles. The number of carbonyl (C=O) groups excluding carboxylic acids is 1. The first-order valence-corrected chi connectivity index (χ1v) is 9.54. The molecule has 0 aliphatic rings. The Kier molecular flexibility index (Phi) is 4.75. The predicted molar refractivity (Wildman–Crippen MR) is 108 cm³/mol. The topological polar surface area (TPSA) is 59.8 Å². The van der Waals surface area contributed by atoms with E-state index in [4.69, 9.17) is 0 Å². The van der Waals surface area contributed by atoms with Crippen LogP contribution in [0.3, 0.4) is 0 Å². The number of hydrogen-bond donors (Lipinski definition) is 1. The van der Waals surface area contributed by atoms with Gasteiger partial charge in [-0.1, -0.05) is 29.8 Å². The van der Waals surface area contributed by atoms with E-state index < -0.39 is 0 Å². The average Bonchev–Trinajstić information content (AvgIpc) is 3.29. The number of nitrogens with zero attached hydrogens (tertiary/aromatic N) is 3. The van der Waals surface area contributed by atoms with Gasteiger partial charge in [0.15, 0.2) is 0 Å². The number of aryl methyl sites for hydroxylation is 2. The largest absolute Gasteiger partial charge is 0.306 e. The Bertz CT molecular complexity index is 1130. The van der Waals surface area contributed by atoms with Crippen molar-refractivity contribution in [2.45, 2.75) is 13.8 Å². The van der Waals surface area contributed by atoms with Crippen molar-refractivity contribution in [3.05, 3.63) is 82.6 Å². The zero-order valence-corrected chi connectivity index (χ0v) is 16.1. The molecule has 5 nitrogen and oxygen atoms in total. The van der Waals surface area contributed by atoms with Gasteiger partial charge in [0, 0.05) is 22.6 Å². The molecule has 28 heavy (non-hydrogen) atoms. The van der Waals surface area contributed by atoms with Crippen LogP contribution in [0.4, 0.5) is 10.2 Å². The second-order valence-corrected chi connectivity index (χ2v) is 7.26. The molecule has 0 saturated carbocycles. The maximum atomic E-state index is 13.1. The third-order valence-electron chi connectivity index (χ3n) is 4.20. The molecule has 1 N–H and O–H groups in total. The summed E-state index contributed by atoms with van der Waals surface area (Å²) in [5.41, 5.74) is 4.18. The van der Waals surface area contributed by atoms with E-state index in [1.807, 2.05) is 43.5 Å². The summed E-state index contributed by atoms with van der Waals surface area (Å²) in [6.07, 6.45) is 0. The van der Waals surface area contributed by atoms with Gasteiger partial charge >= 0.3 is 0 Å². The zero-order chi connectivity index (χ0) is 19.7. The van der Waals surface area contributed by atoms with E-state index in [1.54, 1.807) is 10.7 Å².